The van der Waals surface area contributed by atoms with Crippen molar-refractivity contribution in [2.24, 2.45) is 0 Å². The zero-order valence-electron chi connectivity index (χ0n) is 10.1. The number of aliphatic hydroxyl groups is 1. The monoisotopic (exact) mass is 332 g/mol. The Kier molecular flexibility index (Phi) is 6.13. The minimum absolute atomic E-state index is 0. The molecule has 21 heavy (non-hydrogen) atoms. The fourth-order valence-electron chi connectivity index (χ4n) is 1.81. The van der Waals surface area contributed by atoms with Gasteiger partial charge < -0.3 is 24.4 Å². The Morgan fingerprint density at radius 3 is 2.76 bits per heavy atom. The summed E-state index contributed by atoms with van der Waals surface area (Å²) in [5.41, 5.74) is -1.49. The van der Waals surface area contributed by atoms with Crippen LogP contribution in [0.5, 0.6) is 0 Å². The fourth-order valence-corrected chi connectivity index (χ4v) is 2.22. The zero-order chi connectivity index (χ0) is 15.0. The first-order valence-electron chi connectivity index (χ1n) is 5.55. The van der Waals surface area contributed by atoms with Gasteiger partial charge in [-0.15, -0.1) is 0 Å². The predicted octanol–water partition coefficient (Wildman–Crippen LogP) is -2.57. The maximum absolute atomic E-state index is 11.6. The van der Waals surface area contributed by atoms with Gasteiger partial charge in [-0.1, -0.05) is 0 Å². The summed E-state index contributed by atoms with van der Waals surface area (Å²) in [4.78, 5) is 41.8. The van der Waals surface area contributed by atoms with E-state index >= 15 is 0 Å². The number of rotatable bonds is 4. The molecule has 1 aliphatic rings. The molecule has 0 aromatic carbocycles. The van der Waals surface area contributed by atoms with E-state index in [1.54, 1.807) is 0 Å². The van der Waals surface area contributed by atoms with Crippen molar-refractivity contribution in [3.8, 4) is 0 Å². The number of ether oxygens (including phenoxy) is 2. The fraction of sp³-hybridized carbons (Fsp3) is 0.556. The Morgan fingerprint density at radius 1 is 1.52 bits per heavy atom. The molecule has 0 unspecified atom stereocenters. The molecule has 0 amide bonds. The molecule has 2 heterocycles. The Morgan fingerprint density at radius 2 is 2.19 bits per heavy atom. The molecule has 10 nitrogen and oxygen atoms in total. The van der Waals surface area contributed by atoms with E-state index in [2.05, 4.69) is 0 Å². The van der Waals surface area contributed by atoms with Gasteiger partial charge in [0, 0.05) is 12.3 Å². The number of nitrogens with one attached hydrogen (secondary N) is 1. The van der Waals surface area contributed by atoms with Crippen LogP contribution in [0.25, 0.3) is 0 Å². The second-order valence-electron chi connectivity index (χ2n) is 4.32. The summed E-state index contributed by atoms with van der Waals surface area (Å²) in [6, 6.07) is 1.03. The number of hydrogen-bond acceptors (Lipinski definition) is 6. The second-order valence-corrected chi connectivity index (χ2v) is 5.91. The average molecular weight is 332 g/mol. The Labute approximate surface area is 140 Å². The summed E-state index contributed by atoms with van der Waals surface area (Å²) in [5, 5.41) is 10.2. The van der Waals surface area contributed by atoms with Gasteiger partial charge in [0.2, 0.25) is 0 Å². The summed E-state index contributed by atoms with van der Waals surface area (Å²) in [5.74, 6) is -2.03. The number of aromatic amines is 1. The summed E-state index contributed by atoms with van der Waals surface area (Å²) >= 11 is 0. The molecule has 12 heteroatoms. The third-order valence-electron chi connectivity index (χ3n) is 2.67. The first-order chi connectivity index (χ1) is 9.20. The minimum atomic E-state index is -4.32. The molecule has 0 saturated carbocycles. The van der Waals surface area contributed by atoms with Crippen molar-refractivity contribution in [2.75, 3.05) is 13.0 Å². The van der Waals surface area contributed by atoms with Crippen LogP contribution in [-0.2, 0) is 19.9 Å². The van der Waals surface area contributed by atoms with E-state index in [1.165, 1.54) is 0 Å². The van der Waals surface area contributed by atoms with Crippen molar-refractivity contribution in [1.82, 2.24) is 9.55 Å². The Balaban J connectivity index is 0.00000220. The van der Waals surface area contributed by atoms with Gasteiger partial charge in [0.1, 0.15) is 6.35 Å². The molecular weight excluding hydrogens is 318 g/mol. The molecule has 1 aromatic rings. The third kappa shape index (κ3) is 4.85. The molecule has 0 aliphatic carbocycles. The van der Waals surface area contributed by atoms with Crippen LogP contribution in [0.2, 0.25) is 0 Å². The summed E-state index contributed by atoms with van der Waals surface area (Å²) < 4.78 is 21.4. The van der Waals surface area contributed by atoms with E-state index in [0.29, 0.717) is 0 Å². The van der Waals surface area contributed by atoms with E-state index in [1.807, 2.05) is 4.98 Å². The summed E-state index contributed by atoms with van der Waals surface area (Å²) in [6.07, 6.45) is -0.741. The van der Waals surface area contributed by atoms with Crippen LogP contribution < -0.4 is 11.2 Å². The average Bonchev–Trinajstić information content (AvgIpc) is 2.68. The van der Waals surface area contributed by atoms with Crippen LogP contribution >= 0.6 is 7.60 Å². The van der Waals surface area contributed by atoms with E-state index in [9.17, 15) is 19.3 Å². The van der Waals surface area contributed by atoms with Crippen LogP contribution in [0.4, 0.5) is 0 Å². The van der Waals surface area contributed by atoms with E-state index in [0.717, 1.165) is 16.8 Å². The van der Waals surface area contributed by atoms with E-state index < -0.39 is 37.2 Å². The standard InChI is InChI=1S/C9H13N2O8P.Na.H/c12-7-1-2-11(8(13)10-7)9(14)3-6(4-19-9)18-5-20(15,16)17;;/h1-2,6,14H,3-5H2,(H,10,12,13)(H2,15,16,17);;/t6-,9+;;/m0../s1. The molecule has 114 valence electrons. The summed E-state index contributed by atoms with van der Waals surface area (Å²) in [6.45, 7) is -0.151. The van der Waals surface area contributed by atoms with Crippen molar-refractivity contribution in [1.29, 1.82) is 0 Å². The van der Waals surface area contributed by atoms with E-state index in [4.69, 9.17) is 19.3 Å². The number of nitrogens with zero attached hydrogens (tertiary/aromatic N) is 1. The molecule has 4 N–H and O–H groups in total. The Hall–Kier alpha value is -0.290. The topological polar surface area (TPSA) is 151 Å². The van der Waals surface area contributed by atoms with E-state index in [-0.39, 0.29) is 42.6 Å². The molecule has 0 spiro atoms. The molecule has 1 fully saturated rings. The van der Waals surface area contributed by atoms with Gasteiger partial charge in [-0.05, 0) is 0 Å². The number of H-pyrrole nitrogens is 1. The first-order valence-corrected chi connectivity index (χ1v) is 7.34. The molecule has 1 saturated heterocycles. The SMILES string of the molecule is O=c1ccn([C@@]2(O)C[C@H](OCP(=O)(O)O)CO2)c(=O)[nH]1.[NaH]. The van der Waals surface area contributed by atoms with Crippen LogP contribution in [0, 0.1) is 0 Å². The van der Waals surface area contributed by atoms with Crippen LogP contribution in [-0.4, -0.2) is 73.1 Å². The van der Waals surface area contributed by atoms with Crippen molar-refractivity contribution < 1.29 is 28.9 Å². The Bertz CT molecular complexity index is 654. The van der Waals surface area contributed by atoms with Crippen molar-refractivity contribution >= 4 is 37.2 Å². The van der Waals surface area contributed by atoms with Crippen molar-refractivity contribution in [3.05, 3.63) is 33.1 Å². The van der Waals surface area contributed by atoms with Gasteiger partial charge in [-0.2, -0.15) is 0 Å². The normalized spacial score (nSPS) is 25.6. The first kappa shape index (κ1) is 18.8. The molecule has 1 aliphatic heterocycles. The summed E-state index contributed by atoms with van der Waals surface area (Å²) in [7, 11) is -4.32. The van der Waals surface area contributed by atoms with Crippen molar-refractivity contribution in [3.63, 3.8) is 0 Å². The zero-order valence-corrected chi connectivity index (χ0v) is 11.0. The van der Waals surface area contributed by atoms with Gasteiger partial charge >= 0.3 is 42.8 Å². The van der Waals surface area contributed by atoms with Crippen LogP contribution in [0.3, 0.4) is 0 Å². The number of hydrogen-bond donors (Lipinski definition) is 4. The van der Waals surface area contributed by atoms with Gasteiger partial charge in [0.15, 0.2) is 0 Å². The quantitative estimate of drug-likeness (QED) is 0.347. The van der Waals surface area contributed by atoms with Gasteiger partial charge in [-0.3, -0.25) is 14.3 Å². The molecule has 1 aromatic heterocycles. The number of aromatic nitrogens is 2. The van der Waals surface area contributed by atoms with Crippen molar-refractivity contribution in [2.45, 2.75) is 18.4 Å². The van der Waals surface area contributed by atoms with Gasteiger partial charge in [0.05, 0.1) is 19.1 Å². The molecule has 2 rings (SSSR count). The molecule has 2 atom stereocenters. The van der Waals surface area contributed by atoms with Crippen LogP contribution in [0.15, 0.2) is 21.9 Å². The molecule has 0 radical (unpaired) electrons. The van der Waals surface area contributed by atoms with Gasteiger partial charge in [0.25, 0.3) is 11.5 Å². The second kappa shape index (κ2) is 6.86. The molecular formula is C9H14N2NaO8P. The van der Waals surface area contributed by atoms with Crippen LogP contribution in [0.1, 0.15) is 6.42 Å². The molecule has 0 bridgehead atoms. The maximum atomic E-state index is 11.6. The van der Waals surface area contributed by atoms with Gasteiger partial charge in [-0.25, -0.2) is 9.36 Å². The third-order valence-corrected chi connectivity index (χ3v) is 3.16. The predicted molar refractivity (Wildman–Crippen MR) is 71.0 cm³/mol.